The van der Waals surface area contributed by atoms with Gasteiger partial charge in [0.1, 0.15) is 6.61 Å². The van der Waals surface area contributed by atoms with Gasteiger partial charge < -0.3 is 20.3 Å². The molecule has 1 aliphatic rings. The predicted octanol–water partition coefficient (Wildman–Crippen LogP) is -0.436. The summed E-state index contributed by atoms with van der Waals surface area (Å²) in [7, 11) is 3.29. The van der Waals surface area contributed by atoms with E-state index in [1.54, 1.807) is 27.9 Å². The van der Waals surface area contributed by atoms with Gasteiger partial charge in [0.2, 0.25) is 5.91 Å². The van der Waals surface area contributed by atoms with Crippen molar-refractivity contribution in [1.82, 2.24) is 14.7 Å². The number of rotatable bonds is 8. The van der Waals surface area contributed by atoms with Crippen LogP contribution in [-0.2, 0) is 19.1 Å². The van der Waals surface area contributed by atoms with E-state index in [-0.39, 0.29) is 38.1 Å². The molecule has 0 aliphatic carbocycles. The highest BCUT2D eigenvalue weighted by Crippen LogP contribution is 2.11. The molecule has 0 radical (unpaired) electrons. The van der Waals surface area contributed by atoms with Crippen molar-refractivity contribution >= 4 is 23.8 Å². The quantitative estimate of drug-likeness (QED) is 0.592. The second-order valence-electron chi connectivity index (χ2n) is 6.17. The number of imide groups is 1. The Morgan fingerprint density at radius 2 is 1.76 bits per heavy atom. The smallest absolute Gasteiger partial charge is 0.410 e. The maximum atomic E-state index is 12.3. The van der Waals surface area contributed by atoms with Gasteiger partial charge in [-0.2, -0.15) is 0 Å². The lowest BCUT2D eigenvalue weighted by Crippen LogP contribution is -2.48. The first-order valence-corrected chi connectivity index (χ1v) is 8.07. The van der Waals surface area contributed by atoms with Gasteiger partial charge >= 0.3 is 6.09 Å². The third kappa shape index (κ3) is 5.56. The molecule has 1 rings (SSSR count). The van der Waals surface area contributed by atoms with Gasteiger partial charge in [0, 0.05) is 51.8 Å². The molecule has 0 aromatic carbocycles. The summed E-state index contributed by atoms with van der Waals surface area (Å²) < 4.78 is 5.23. The molecule has 1 aliphatic heterocycles. The molecule has 1 heterocycles. The Hall–Kier alpha value is -2.42. The molecule has 25 heavy (non-hydrogen) atoms. The molecule has 9 heteroatoms. The average Bonchev–Trinajstić information content (AvgIpc) is 2.87. The Labute approximate surface area is 147 Å². The monoisotopic (exact) mass is 354 g/mol. The summed E-state index contributed by atoms with van der Waals surface area (Å²) in [4.78, 5) is 51.2. The summed E-state index contributed by atoms with van der Waals surface area (Å²) in [5, 5.41) is 0. The second kappa shape index (κ2) is 9.16. The highest BCUT2D eigenvalue weighted by atomic mass is 16.6. The average molecular weight is 354 g/mol. The van der Waals surface area contributed by atoms with E-state index >= 15 is 0 Å². The predicted molar refractivity (Wildman–Crippen MR) is 90.3 cm³/mol. The molecule has 0 aromatic rings. The lowest BCUT2D eigenvalue weighted by molar-refractivity contribution is -0.140. The minimum absolute atomic E-state index is 0.0206. The van der Waals surface area contributed by atoms with Gasteiger partial charge in [-0.1, -0.05) is 0 Å². The molecule has 0 saturated carbocycles. The molecule has 2 N–H and O–H groups in total. The number of carbonyl (C=O) groups excluding carboxylic acids is 4. The summed E-state index contributed by atoms with van der Waals surface area (Å²) in [5.41, 5.74) is 5.60. The van der Waals surface area contributed by atoms with Crippen LogP contribution in [-0.4, -0.2) is 84.4 Å². The number of nitrogens with zero attached hydrogens (tertiary/aromatic N) is 3. The molecule has 140 valence electrons. The van der Waals surface area contributed by atoms with Crippen LogP contribution < -0.4 is 5.73 Å². The van der Waals surface area contributed by atoms with Crippen molar-refractivity contribution in [3.05, 3.63) is 12.2 Å². The van der Waals surface area contributed by atoms with E-state index in [9.17, 15) is 19.2 Å². The standard InChI is InChI=1S/C16H26N4O5/c1-11(2)19(8-7-13(21)18(3)4)16(24)25-10-12(9-17)20-14(22)5-6-15(20)23/h5-6,11-12H,7-10,17H2,1-4H3/t12-/m0/s1. The van der Waals surface area contributed by atoms with Crippen LogP contribution in [0.5, 0.6) is 0 Å². The molecule has 9 nitrogen and oxygen atoms in total. The van der Waals surface area contributed by atoms with Crippen LogP contribution in [0.1, 0.15) is 20.3 Å². The van der Waals surface area contributed by atoms with Gasteiger partial charge in [-0.05, 0) is 13.8 Å². The molecule has 1 atom stereocenters. The Bertz CT molecular complexity index is 541. The van der Waals surface area contributed by atoms with E-state index in [0.717, 1.165) is 17.1 Å². The van der Waals surface area contributed by atoms with Gasteiger partial charge in [0.25, 0.3) is 11.8 Å². The first-order valence-electron chi connectivity index (χ1n) is 8.07. The SMILES string of the molecule is CC(C)N(CCC(=O)N(C)C)C(=O)OC[C@H](CN)N1C(=O)C=CC1=O. The maximum absolute atomic E-state index is 12.3. The van der Waals surface area contributed by atoms with E-state index in [1.165, 1.54) is 9.80 Å². The Kier molecular flexibility index (Phi) is 7.56. The molecular formula is C16H26N4O5. The number of hydrogen-bond acceptors (Lipinski definition) is 6. The third-order valence-electron chi connectivity index (χ3n) is 3.80. The topological polar surface area (TPSA) is 113 Å². The van der Waals surface area contributed by atoms with Crippen LogP contribution in [0.4, 0.5) is 4.79 Å². The number of hydrogen-bond donors (Lipinski definition) is 1. The lowest BCUT2D eigenvalue weighted by Gasteiger charge is -2.29. The van der Waals surface area contributed by atoms with Crippen LogP contribution in [0, 0.1) is 0 Å². The number of amides is 4. The van der Waals surface area contributed by atoms with E-state index in [0.29, 0.717) is 0 Å². The fourth-order valence-corrected chi connectivity index (χ4v) is 2.27. The first-order chi connectivity index (χ1) is 11.7. The summed E-state index contributed by atoms with van der Waals surface area (Å²) in [6.45, 7) is 3.61. The van der Waals surface area contributed by atoms with E-state index in [2.05, 4.69) is 0 Å². The van der Waals surface area contributed by atoms with E-state index in [4.69, 9.17) is 10.5 Å². The number of nitrogens with two attached hydrogens (primary N) is 1. The van der Waals surface area contributed by atoms with Gasteiger partial charge in [-0.15, -0.1) is 0 Å². The zero-order valence-corrected chi connectivity index (χ0v) is 15.1. The van der Waals surface area contributed by atoms with Crippen LogP contribution in [0.3, 0.4) is 0 Å². The Balaban J connectivity index is 2.62. The van der Waals surface area contributed by atoms with Gasteiger partial charge in [0.05, 0.1) is 6.04 Å². The normalized spacial score (nSPS) is 14.9. The summed E-state index contributed by atoms with van der Waals surface area (Å²) in [6.07, 6.45) is 1.86. The van der Waals surface area contributed by atoms with Gasteiger partial charge in [-0.3, -0.25) is 19.3 Å². The molecule has 0 unspecified atom stereocenters. The van der Waals surface area contributed by atoms with Crippen molar-refractivity contribution in [2.24, 2.45) is 5.73 Å². The zero-order valence-electron chi connectivity index (χ0n) is 15.1. The highest BCUT2D eigenvalue weighted by Gasteiger charge is 2.32. The fourth-order valence-electron chi connectivity index (χ4n) is 2.27. The largest absolute Gasteiger partial charge is 0.447 e. The molecule has 4 amide bonds. The summed E-state index contributed by atoms with van der Waals surface area (Å²) in [6, 6.07) is -0.896. The van der Waals surface area contributed by atoms with Crippen molar-refractivity contribution in [2.75, 3.05) is 33.8 Å². The molecular weight excluding hydrogens is 328 g/mol. The Morgan fingerprint density at radius 1 is 1.20 bits per heavy atom. The van der Waals surface area contributed by atoms with Crippen molar-refractivity contribution in [3.8, 4) is 0 Å². The number of ether oxygens (including phenoxy) is 1. The molecule has 0 spiro atoms. The summed E-state index contributed by atoms with van der Waals surface area (Å²) in [5.74, 6) is -1.06. The van der Waals surface area contributed by atoms with E-state index in [1.807, 2.05) is 0 Å². The van der Waals surface area contributed by atoms with Crippen molar-refractivity contribution in [3.63, 3.8) is 0 Å². The minimum atomic E-state index is -0.726. The van der Waals surface area contributed by atoms with Crippen molar-refractivity contribution in [2.45, 2.75) is 32.4 Å². The van der Waals surface area contributed by atoms with Crippen molar-refractivity contribution in [1.29, 1.82) is 0 Å². The van der Waals surface area contributed by atoms with E-state index < -0.39 is 23.9 Å². The highest BCUT2D eigenvalue weighted by molar-refractivity contribution is 6.13. The second-order valence-corrected chi connectivity index (χ2v) is 6.17. The third-order valence-corrected chi connectivity index (χ3v) is 3.80. The summed E-state index contributed by atoms with van der Waals surface area (Å²) >= 11 is 0. The minimum Gasteiger partial charge on any atom is -0.447 e. The maximum Gasteiger partial charge on any atom is 0.410 e. The van der Waals surface area contributed by atoms with Crippen LogP contribution in [0.15, 0.2) is 12.2 Å². The van der Waals surface area contributed by atoms with Crippen LogP contribution in [0.2, 0.25) is 0 Å². The molecule has 0 saturated heterocycles. The zero-order chi connectivity index (χ0) is 19.1. The number of carbonyl (C=O) groups is 4. The molecule has 0 aromatic heterocycles. The van der Waals surface area contributed by atoms with Gasteiger partial charge in [0.15, 0.2) is 0 Å². The Morgan fingerprint density at radius 3 is 2.20 bits per heavy atom. The van der Waals surface area contributed by atoms with Crippen LogP contribution >= 0.6 is 0 Å². The lowest BCUT2D eigenvalue weighted by atomic mass is 10.2. The molecule has 0 bridgehead atoms. The van der Waals surface area contributed by atoms with Gasteiger partial charge in [-0.25, -0.2) is 4.79 Å². The van der Waals surface area contributed by atoms with Crippen molar-refractivity contribution < 1.29 is 23.9 Å². The first kappa shape index (κ1) is 20.6. The van der Waals surface area contributed by atoms with Crippen LogP contribution in [0.25, 0.3) is 0 Å². The molecule has 0 fully saturated rings. The fraction of sp³-hybridized carbons (Fsp3) is 0.625.